The van der Waals surface area contributed by atoms with Crippen LogP contribution in [0.4, 0.5) is 0 Å². The molecule has 1 saturated heterocycles. The summed E-state index contributed by atoms with van der Waals surface area (Å²) < 4.78 is 6.00. The van der Waals surface area contributed by atoms with E-state index in [1.807, 2.05) is 0 Å². The summed E-state index contributed by atoms with van der Waals surface area (Å²) in [6, 6.07) is 1.76. The van der Waals surface area contributed by atoms with Crippen molar-refractivity contribution in [3.63, 3.8) is 0 Å². The van der Waals surface area contributed by atoms with Crippen molar-refractivity contribution in [1.29, 1.82) is 0 Å². The van der Waals surface area contributed by atoms with E-state index in [9.17, 15) is 4.79 Å². The molecule has 3 nitrogen and oxygen atoms in total. The van der Waals surface area contributed by atoms with Crippen LogP contribution in [0.15, 0.2) is 21.2 Å². The maximum Gasteiger partial charge on any atom is 0.206 e. The first kappa shape index (κ1) is 10.9. The zero-order valence-electron chi connectivity index (χ0n) is 8.68. The van der Waals surface area contributed by atoms with Crippen molar-refractivity contribution in [3.05, 3.63) is 22.6 Å². The topological polar surface area (TPSA) is 42.2 Å². The van der Waals surface area contributed by atoms with Gasteiger partial charge in [0, 0.05) is 6.54 Å². The highest BCUT2D eigenvalue weighted by molar-refractivity contribution is 9.10. The quantitative estimate of drug-likeness (QED) is 0.860. The van der Waals surface area contributed by atoms with Crippen LogP contribution >= 0.6 is 15.9 Å². The summed E-state index contributed by atoms with van der Waals surface area (Å²) in [6.45, 7) is 3.73. The van der Waals surface area contributed by atoms with Gasteiger partial charge in [0.25, 0.3) is 0 Å². The summed E-state index contributed by atoms with van der Waals surface area (Å²) in [5, 5.41) is 3.25. The lowest BCUT2D eigenvalue weighted by atomic mass is 9.79. The minimum atomic E-state index is -0.264. The van der Waals surface area contributed by atoms with Crippen LogP contribution in [0.25, 0.3) is 0 Å². The van der Waals surface area contributed by atoms with Crippen LogP contribution in [-0.2, 0) is 0 Å². The molecule has 1 aliphatic heterocycles. The van der Waals surface area contributed by atoms with Crippen molar-refractivity contribution >= 4 is 21.7 Å². The molecule has 0 spiro atoms. The minimum Gasteiger partial charge on any atom is -0.460 e. The number of nitrogens with one attached hydrogen (secondary N) is 1. The number of hydrogen-bond acceptors (Lipinski definition) is 3. The Balaban J connectivity index is 2.30. The van der Waals surface area contributed by atoms with E-state index in [4.69, 9.17) is 4.42 Å². The number of ketones is 1. The third-order valence-corrected chi connectivity index (χ3v) is 3.85. The van der Waals surface area contributed by atoms with E-state index >= 15 is 0 Å². The molecule has 1 unspecified atom stereocenters. The van der Waals surface area contributed by atoms with E-state index in [1.165, 1.54) is 0 Å². The highest BCUT2D eigenvalue weighted by Gasteiger charge is 2.41. The molecule has 2 rings (SSSR count). The van der Waals surface area contributed by atoms with Crippen LogP contribution in [-0.4, -0.2) is 18.9 Å². The summed E-state index contributed by atoms with van der Waals surface area (Å²) in [7, 11) is 0. The van der Waals surface area contributed by atoms with Gasteiger partial charge in [-0.05, 0) is 41.4 Å². The van der Waals surface area contributed by atoms with Crippen molar-refractivity contribution in [2.45, 2.75) is 19.8 Å². The molecule has 0 bridgehead atoms. The molecule has 2 heterocycles. The van der Waals surface area contributed by atoms with Crippen LogP contribution in [0, 0.1) is 5.41 Å². The first-order chi connectivity index (χ1) is 7.19. The molecule has 0 saturated carbocycles. The molecule has 1 aromatic heterocycles. The first-order valence-electron chi connectivity index (χ1n) is 5.18. The fraction of sp³-hybridized carbons (Fsp3) is 0.545. The van der Waals surface area contributed by atoms with Crippen LogP contribution in [0.1, 0.15) is 30.3 Å². The summed E-state index contributed by atoms with van der Waals surface area (Å²) in [6.07, 6.45) is 3.30. The predicted molar refractivity (Wildman–Crippen MR) is 60.9 cm³/mol. The predicted octanol–water partition coefficient (Wildman–Crippen LogP) is 2.61. The van der Waals surface area contributed by atoms with Gasteiger partial charge in [-0.3, -0.25) is 4.79 Å². The molecule has 1 aliphatic rings. The molecule has 1 aromatic rings. The second kappa shape index (κ2) is 4.10. The number of carbonyl (C=O) groups excluding carboxylic acids is 1. The van der Waals surface area contributed by atoms with Gasteiger partial charge in [-0.2, -0.15) is 0 Å². The summed E-state index contributed by atoms with van der Waals surface area (Å²) in [5.74, 6) is 0.576. The lowest BCUT2D eigenvalue weighted by Gasteiger charge is -2.23. The molecule has 1 fully saturated rings. The highest BCUT2D eigenvalue weighted by Crippen LogP contribution is 2.35. The van der Waals surface area contributed by atoms with Gasteiger partial charge in [0.2, 0.25) is 5.78 Å². The SMILES string of the molecule is CCC1(C(=O)c2occc2Br)CCNC1. The molecule has 0 radical (unpaired) electrons. The average Bonchev–Trinajstić information content (AvgIpc) is 2.86. The fourth-order valence-corrected chi connectivity index (χ4v) is 2.48. The van der Waals surface area contributed by atoms with Crippen LogP contribution < -0.4 is 5.32 Å². The van der Waals surface area contributed by atoms with Gasteiger partial charge in [0.05, 0.1) is 16.2 Å². The highest BCUT2D eigenvalue weighted by atomic mass is 79.9. The number of rotatable bonds is 3. The van der Waals surface area contributed by atoms with Crippen molar-refractivity contribution in [2.75, 3.05) is 13.1 Å². The van der Waals surface area contributed by atoms with Gasteiger partial charge >= 0.3 is 0 Å². The zero-order chi connectivity index (χ0) is 10.9. The fourth-order valence-electron chi connectivity index (χ4n) is 2.10. The monoisotopic (exact) mass is 271 g/mol. The van der Waals surface area contributed by atoms with Gasteiger partial charge < -0.3 is 9.73 Å². The minimum absolute atomic E-state index is 0.117. The molecule has 1 N–H and O–H groups in total. The zero-order valence-corrected chi connectivity index (χ0v) is 10.3. The van der Waals surface area contributed by atoms with Gasteiger partial charge in [0.15, 0.2) is 5.76 Å². The third-order valence-electron chi connectivity index (χ3n) is 3.23. The van der Waals surface area contributed by atoms with E-state index in [2.05, 4.69) is 28.2 Å². The second-order valence-electron chi connectivity index (χ2n) is 3.99. The number of Topliss-reactive ketones (excluding diaryl/α,β-unsaturated/α-hetero) is 1. The summed E-state index contributed by atoms with van der Waals surface area (Å²) in [4.78, 5) is 12.3. The molecule has 0 amide bonds. The Hall–Kier alpha value is -0.610. The van der Waals surface area contributed by atoms with Crippen molar-refractivity contribution in [2.24, 2.45) is 5.41 Å². The van der Waals surface area contributed by atoms with Gasteiger partial charge in [-0.15, -0.1) is 0 Å². The Morgan fingerprint density at radius 2 is 2.53 bits per heavy atom. The van der Waals surface area contributed by atoms with Gasteiger partial charge in [-0.25, -0.2) is 0 Å². The maximum atomic E-state index is 12.3. The Morgan fingerprint density at radius 3 is 3.00 bits per heavy atom. The lowest BCUT2D eigenvalue weighted by molar-refractivity contribution is 0.0778. The van der Waals surface area contributed by atoms with E-state index < -0.39 is 0 Å². The smallest absolute Gasteiger partial charge is 0.206 e. The molecule has 0 aromatic carbocycles. The molecular weight excluding hydrogens is 258 g/mol. The molecule has 82 valence electrons. The van der Waals surface area contributed by atoms with E-state index in [1.54, 1.807) is 12.3 Å². The van der Waals surface area contributed by atoms with Crippen LogP contribution in [0.2, 0.25) is 0 Å². The number of halogens is 1. The Kier molecular flexibility index (Phi) is 2.98. The van der Waals surface area contributed by atoms with E-state index in [0.29, 0.717) is 5.76 Å². The molecule has 15 heavy (non-hydrogen) atoms. The third kappa shape index (κ3) is 1.76. The molecule has 1 atom stereocenters. The second-order valence-corrected chi connectivity index (χ2v) is 4.84. The van der Waals surface area contributed by atoms with Crippen molar-refractivity contribution in [1.82, 2.24) is 5.32 Å². The Labute approximate surface area is 97.4 Å². The molecule has 0 aliphatic carbocycles. The summed E-state index contributed by atoms with van der Waals surface area (Å²) >= 11 is 3.33. The molecular formula is C11H14BrNO2. The van der Waals surface area contributed by atoms with Crippen LogP contribution in [0.5, 0.6) is 0 Å². The number of furan rings is 1. The largest absolute Gasteiger partial charge is 0.460 e. The standard InChI is InChI=1S/C11H14BrNO2/c1-2-11(4-5-13-7-11)10(14)9-8(12)3-6-15-9/h3,6,13H,2,4-5,7H2,1H3. The van der Waals surface area contributed by atoms with Gasteiger partial charge in [0.1, 0.15) is 0 Å². The van der Waals surface area contributed by atoms with E-state index in [-0.39, 0.29) is 11.2 Å². The average molecular weight is 272 g/mol. The number of carbonyl (C=O) groups is 1. The normalized spacial score (nSPS) is 25.7. The first-order valence-corrected chi connectivity index (χ1v) is 5.97. The lowest BCUT2D eigenvalue weighted by Crippen LogP contribution is -2.32. The van der Waals surface area contributed by atoms with Crippen molar-refractivity contribution in [3.8, 4) is 0 Å². The number of hydrogen-bond donors (Lipinski definition) is 1. The van der Waals surface area contributed by atoms with Crippen LogP contribution in [0.3, 0.4) is 0 Å². The van der Waals surface area contributed by atoms with Gasteiger partial charge in [-0.1, -0.05) is 6.92 Å². The van der Waals surface area contributed by atoms with E-state index in [0.717, 1.165) is 30.4 Å². The van der Waals surface area contributed by atoms with Crippen molar-refractivity contribution < 1.29 is 9.21 Å². The Morgan fingerprint density at radius 1 is 1.73 bits per heavy atom. The maximum absolute atomic E-state index is 12.3. The molecule has 4 heteroatoms. The summed E-state index contributed by atoms with van der Waals surface area (Å²) in [5.41, 5.74) is -0.264. The Bertz CT molecular complexity index is 366.